The summed E-state index contributed by atoms with van der Waals surface area (Å²) in [5.74, 6) is 0.132. The van der Waals surface area contributed by atoms with Crippen LogP contribution in [0.15, 0.2) is 24.0 Å². The van der Waals surface area contributed by atoms with Gasteiger partial charge in [0.15, 0.2) is 0 Å². The molecule has 0 bridgehead atoms. The second kappa shape index (κ2) is 12.0. The maximum atomic E-state index is 11.6. The molecule has 0 saturated carbocycles. The number of hydrogen-bond acceptors (Lipinski definition) is 4. The summed E-state index contributed by atoms with van der Waals surface area (Å²) in [6.07, 6.45) is 10.7. The van der Waals surface area contributed by atoms with E-state index in [0.717, 1.165) is 25.7 Å². The van der Waals surface area contributed by atoms with Gasteiger partial charge in [0.05, 0.1) is 0 Å². The van der Waals surface area contributed by atoms with Crippen LogP contribution in [0.5, 0.6) is 0 Å². The van der Waals surface area contributed by atoms with Gasteiger partial charge in [-0.25, -0.2) is 9.13 Å². The van der Waals surface area contributed by atoms with Crippen molar-refractivity contribution in [1.82, 2.24) is 0 Å². The normalized spacial score (nSPS) is 15.1. The van der Waals surface area contributed by atoms with Gasteiger partial charge >= 0.3 is 15.6 Å². The van der Waals surface area contributed by atoms with Gasteiger partial charge in [0.25, 0.3) is 0 Å². The molecular formula is C15H30O7P2. The lowest BCUT2D eigenvalue weighted by molar-refractivity contribution is 0.204. The quantitative estimate of drug-likeness (QED) is 0.163. The van der Waals surface area contributed by atoms with Crippen molar-refractivity contribution in [3.05, 3.63) is 24.0 Å². The average Bonchev–Trinajstić information content (AvgIpc) is 2.37. The van der Waals surface area contributed by atoms with E-state index >= 15 is 0 Å². The largest absolute Gasteiger partial charge is 0.536 e. The smallest absolute Gasteiger partial charge is 0.408 e. The molecule has 0 aliphatic heterocycles. The molecule has 7 nitrogen and oxygen atoms in total. The standard InChI is InChI=1S/C15H30O7P2/c1-4-5-6-7-8-9-10-11-12-15(13-14(2)3)21-24(19,20)22-23(16,17)18/h13H,2,4-12H2,1,3H3,(H,19,20)(H2,16,17,18). The Morgan fingerprint density at radius 1 is 1.00 bits per heavy atom. The zero-order valence-corrected chi connectivity index (χ0v) is 16.3. The minimum atomic E-state index is -5.12. The van der Waals surface area contributed by atoms with Crippen molar-refractivity contribution in [1.29, 1.82) is 0 Å². The minimum absolute atomic E-state index is 0.132. The summed E-state index contributed by atoms with van der Waals surface area (Å²) in [5.41, 5.74) is 0.598. The van der Waals surface area contributed by atoms with Crippen molar-refractivity contribution in [3.63, 3.8) is 0 Å². The Labute approximate surface area is 144 Å². The summed E-state index contributed by atoms with van der Waals surface area (Å²) >= 11 is 0. The van der Waals surface area contributed by atoms with E-state index in [1.54, 1.807) is 6.92 Å². The Bertz CT molecular complexity index is 496. The van der Waals surface area contributed by atoms with E-state index in [1.165, 1.54) is 31.8 Å². The molecule has 0 fully saturated rings. The van der Waals surface area contributed by atoms with E-state index in [0.29, 0.717) is 12.0 Å². The highest BCUT2D eigenvalue weighted by Gasteiger charge is 2.34. The van der Waals surface area contributed by atoms with Crippen LogP contribution in [0.2, 0.25) is 0 Å². The van der Waals surface area contributed by atoms with E-state index in [4.69, 9.17) is 14.3 Å². The molecule has 0 aromatic heterocycles. The van der Waals surface area contributed by atoms with Gasteiger partial charge in [-0.3, -0.25) is 4.89 Å². The van der Waals surface area contributed by atoms with Crippen LogP contribution in [0, 0.1) is 0 Å². The molecule has 0 aliphatic carbocycles. The lowest BCUT2D eigenvalue weighted by atomic mass is 10.1. The lowest BCUT2D eigenvalue weighted by Crippen LogP contribution is -1.96. The minimum Gasteiger partial charge on any atom is -0.408 e. The van der Waals surface area contributed by atoms with Gasteiger partial charge in [0.2, 0.25) is 0 Å². The van der Waals surface area contributed by atoms with E-state index < -0.39 is 15.6 Å². The summed E-state index contributed by atoms with van der Waals surface area (Å²) in [6, 6.07) is 0. The van der Waals surface area contributed by atoms with Crippen LogP contribution in [-0.4, -0.2) is 14.7 Å². The molecule has 142 valence electrons. The molecule has 0 saturated heterocycles. The van der Waals surface area contributed by atoms with Crippen LogP contribution in [0.3, 0.4) is 0 Å². The molecule has 0 heterocycles. The molecule has 0 spiro atoms. The topological polar surface area (TPSA) is 113 Å². The zero-order chi connectivity index (χ0) is 18.6. The van der Waals surface area contributed by atoms with Gasteiger partial charge in [-0.05, 0) is 19.4 Å². The summed E-state index contributed by atoms with van der Waals surface area (Å²) in [6.45, 7) is 7.52. The Kier molecular flexibility index (Phi) is 11.8. The number of hydrogen-bond donors (Lipinski definition) is 3. The first-order valence-electron chi connectivity index (χ1n) is 8.21. The van der Waals surface area contributed by atoms with Crippen LogP contribution in [0.25, 0.3) is 0 Å². The molecule has 0 aliphatic rings. The van der Waals surface area contributed by atoms with Crippen LogP contribution in [-0.2, 0) is 18.0 Å². The maximum absolute atomic E-state index is 11.6. The predicted molar refractivity (Wildman–Crippen MR) is 94.2 cm³/mol. The third-order valence-corrected chi connectivity index (χ3v) is 5.27. The Morgan fingerprint density at radius 2 is 1.50 bits per heavy atom. The van der Waals surface area contributed by atoms with E-state index in [1.807, 2.05) is 0 Å². The molecule has 0 aromatic carbocycles. The first-order chi connectivity index (χ1) is 11.1. The van der Waals surface area contributed by atoms with Gasteiger partial charge in [-0.1, -0.05) is 64.0 Å². The molecule has 24 heavy (non-hydrogen) atoms. The lowest BCUT2D eigenvalue weighted by Gasteiger charge is -2.16. The van der Waals surface area contributed by atoms with Crippen LogP contribution in [0.1, 0.15) is 71.6 Å². The van der Waals surface area contributed by atoms with Crippen LogP contribution < -0.4 is 0 Å². The van der Waals surface area contributed by atoms with Gasteiger partial charge < -0.3 is 14.3 Å². The van der Waals surface area contributed by atoms with Gasteiger partial charge in [-0.15, -0.1) is 0 Å². The highest BCUT2D eigenvalue weighted by molar-refractivity contribution is 7.60. The van der Waals surface area contributed by atoms with Crippen molar-refractivity contribution in [2.24, 2.45) is 0 Å². The fourth-order valence-corrected chi connectivity index (χ4v) is 3.80. The molecule has 1 atom stereocenters. The average molecular weight is 384 g/mol. The first-order valence-corrected chi connectivity index (χ1v) is 11.2. The molecule has 1 unspecified atom stereocenters. The summed E-state index contributed by atoms with van der Waals surface area (Å²) in [4.78, 5) is 26.6. The Hall–Kier alpha value is -0.420. The number of unbranched alkanes of at least 4 members (excludes halogenated alkanes) is 7. The highest BCUT2D eigenvalue weighted by Crippen LogP contribution is 2.58. The van der Waals surface area contributed by atoms with Crippen LogP contribution >= 0.6 is 15.6 Å². The van der Waals surface area contributed by atoms with Crippen molar-refractivity contribution in [2.75, 3.05) is 0 Å². The van der Waals surface area contributed by atoms with Crippen LogP contribution in [0.4, 0.5) is 0 Å². The second-order valence-electron chi connectivity index (χ2n) is 5.81. The fourth-order valence-electron chi connectivity index (χ4n) is 2.15. The predicted octanol–water partition coefficient (Wildman–Crippen LogP) is 5.20. The van der Waals surface area contributed by atoms with Crippen molar-refractivity contribution in [3.8, 4) is 0 Å². The Balaban J connectivity index is 4.33. The van der Waals surface area contributed by atoms with Crippen molar-refractivity contribution in [2.45, 2.75) is 71.6 Å². The second-order valence-corrected chi connectivity index (χ2v) is 8.57. The molecule has 0 amide bonds. The van der Waals surface area contributed by atoms with E-state index in [2.05, 4.69) is 17.8 Å². The first kappa shape index (κ1) is 23.6. The summed E-state index contributed by atoms with van der Waals surface area (Å²) in [5, 5.41) is 0. The molecule has 0 aromatic rings. The third-order valence-electron chi connectivity index (χ3n) is 3.13. The summed E-state index contributed by atoms with van der Waals surface area (Å²) in [7, 11) is -9.99. The SMILES string of the molecule is C=C(C)C=C(CCCCCCCCCC)OP(=O)(O)OP(=O)(O)O. The number of allylic oxidation sites excluding steroid dienone is 3. The van der Waals surface area contributed by atoms with Crippen molar-refractivity contribution >= 4 is 15.6 Å². The van der Waals surface area contributed by atoms with Gasteiger partial charge in [0.1, 0.15) is 5.76 Å². The summed E-state index contributed by atoms with van der Waals surface area (Å²) < 4.78 is 30.9. The monoisotopic (exact) mass is 384 g/mol. The van der Waals surface area contributed by atoms with Gasteiger partial charge in [-0.2, -0.15) is 4.31 Å². The Morgan fingerprint density at radius 3 is 1.96 bits per heavy atom. The number of phosphoric ester groups is 1. The van der Waals surface area contributed by atoms with E-state index in [-0.39, 0.29) is 5.76 Å². The van der Waals surface area contributed by atoms with Crippen molar-refractivity contribution < 1.29 is 32.6 Å². The van der Waals surface area contributed by atoms with Gasteiger partial charge in [0, 0.05) is 6.42 Å². The number of rotatable bonds is 14. The van der Waals surface area contributed by atoms with E-state index in [9.17, 15) is 14.0 Å². The molecule has 0 rings (SSSR count). The molecular weight excluding hydrogens is 354 g/mol. The molecule has 9 heteroatoms. The number of phosphoric acid groups is 2. The molecule has 0 radical (unpaired) electrons. The fraction of sp³-hybridized carbons (Fsp3) is 0.733. The zero-order valence-electron chi connectivity index (χ0n) is 14.5. The molecule has 3 N–H and O–H groups in total. The third kappa shape index (κ3) is 15.1. The maximum Gasteiger partial charge on any atom is 0.536 e. The highest BCUT2D eigenvalue weighted by atomic mass is 31.3.